The standard InChI is InChI=1S/C21H24O5/c1-5-11(2)6-12(3)16-8-13-7-14-9-17(25-4)20(23)21(24)18(14)19(22)15(13)10-26-16/h7-9,11-12,22H,5-6,10H2,1-4H3. The summed E-state index contributed by atoms with van der Waals surface area (Å²) in [6.45, 7) is 6.71. The number of ether oxygens (including phenoxy) is 2. The van der Waals surface area contributed by atoms with Crippen LogP contribution in [0.5, 0.6) is 5.75 Å². The predicted molar refractivity (Wildman–Crippen MR) is 98.4 cm³/mol. The summed E-state index contributed by atoms with van der Waals surface area (Å²) in [5.41, 5.74) is 1.88. The van der Waals surface area contributed by atoms with Crippen molar-refractivity contribution >= 4 is 23.7 Å². The van der Waals surface area contributed by atoms with Crippen LogP contribution in [0.15, 0.2) is 17.6 Å². The van der Waals surface area contributed by atoms with Crippen LogP contribution in [0.2, 0.25) is 0 Å². The Labute approximate surface area is 153 Å². The molecule has 0 spiro atoms. The van der Waals surface area contributed by atoms with Crippen molar-refractivity contribution in [3.05, 3.63) is 39.8 Å². The minimum Gasteiger partial charge on any atom is -0.507 e. The molecule has 0 amide bonds. The third-order valence-electron chi connectivity index (χ3n) is 5.25. The molecule has 3 rings (SSSR count). The summed E-state index contributed by atoms with van der Waals surface area (Å²) in [7, 11) is 1.35. The molecule has 1 heterocycles. The van der Waals surface area contributed by atoms with E-state index < -0.39 is 11.6 Å². The van der Waals surface area contributed by atoms with Gasteiger partial charge < -0.3 is 14.6 Å². The van der Waals surface area contributed by atoms with Crippen LogP contribution in [0.1, 0.15) is 60.7 Å². The zero-order valence-corrected chi connectivity index (χ0v) is 15.6. The maximum atomic E-state index is 12.3. The maximum absolute atomic E-state index is 12.3. The number of methoxy groups -OCH3 is 1. The minimum atomic E-state index is -0.750. The number of fused-ring (bicyclic) bond motifs is 2. The van der Waals surface area contributed by atoms with Gasteiger partial charge in [-0.05, 0) is 41.7 Å². The highest BCUT2D eigenvalue weighted by molar-refractivity contribution is 6.51. The van der Waals surface area contributed by atoms with E-state index in [1.165, 1.54) is 13.2 Å². The zero-order chi connectivity index (χ0) is 19.0. The fraction of sp³-hybridized carbons (Fsp3) is 0.429. The normalized spacial score (nSPS) is 18.2. The van der Waals surface area contributed by atoms with E-state index in [-0.39, 0.29) is 29.6 Å². The fourth-order valence-corrected chi connectivity index (χ4v) is 3.49. The number of phenolic OH excluding ortho intramolecular Hbond substituents is 1. The number of ketones is 2. The van der Waals surface area contributed by atoms with Gasteiger partial charge in [-0.1, -0.05) is 27.2 Å². The molecule has 2 aliphatic rings. The molecule has 0 radical (unpaired) electrons. The number of rotatable bonds is 5. The van der Waals surface area contributed by atoms with Crippen molar-refractivity contribution in [2.45, 2.75) is 40.2 Å². The summed E-state index contributed by atoms with van der Waals surface area (Å²) in [5.74, 6) is 0.0693. The second-order valence-electron chi connectivity index (χ2n) is 7.11. The first-order valence-corrected chi connectivity index (χ1v) is 8.95. The van der Waals surface area contributed by atoms with Crippen molar-refractivity contribution in [2.24, 2.45) is 11.8 Å². The van der Waals surface area contributed by atoms with Crippen molar-refractivity contribution in [2.75, 3.05) is 7.11 Å². The molecule has 1 aliphatic heterocycles. The molecule has 1 aromatic rings. The Morgan fingerprint density at radius 3 is 2.58 bits per heavy atom. The highest BCUT2D eigenvalue weighted by atomic mass is 16.5. The molecule has 0 bridgehead atoms. The lowest BCUT2D eigenvalue weighted by atomic mass is 9.86. The number of carbonyl (C=O) groups excluding carboxylic acids is 2. The van der Waals surface area contributed by atoms with Crippen molar-refractivity contribution in [3.8, 4) is 5.75 Å². The number of hydrogen-bond donors (Lipinski definition) is 1. The van der Waals surface area contributed by atoms with Gasteiger partial charge in [0.1, 0.15) is 12.4 Å². The summed E-state index contributed by atoms with van der Waals surface area (Å²) >= 11 is 0. The van der Waals surface area contributed by atoms with E-state index >= 15 is 0 Å². The highest BCUT2D eigenvalue weighted by Crippen LogP contribution is 2.39. The lowest BCUT2D eigenvalue weighted by Crippen LogP contribution is -2.23. The Balaban J connectivity index is 2.04. The molecule has 1 N–H and O–H groups in total. The summed E-state index contributed by atoms with van der Waals surface area (Å²) in [5, 5.41) is 10.6. The average Bonchev–Trinajstić information content (AvgIpc) is 2.63. The lowest BCUT2D eigenvalue weighted by Gasteiger charge is -2.26. The second-order valence-corrected chi connectivity index (χ2v) is 7.11. The Kier molecular flexibility index (Phi) is 4.90. The van der Waals surface area contributed by atoms with Crippen molar-refractivity contribution in [1.29, 1.82) is 0 Å². The van der Waals surface area contributed by atoms with E-state index in [9.17, 15) is 14.7 Å². The smallest absolute Gasteiger partial charge is 0.268 e. The van der Waals surface area contributed by atoms with Crippen LogP contribution in [0.4, 0.5) is 0 Å². The Hall–Kier alpha value is -2.56. The van der Waals surface area contributed by atoms with Gasteiger partial charge in [0, 0.05) is 11.5 Å². The van der Waals surface area contributed by atoms with Crippen molar-refractivity contribution in [3.63, 3.8) is 0 Å². The molecular weight excluding hydrogens is 332 g/mol. The monoisotopic (exact) mass is 356 g/mol. The van der Waals surface area contributed by atoms with Gasteiger partial charge in [-0.25, -0.2) is 0 Å². The number of phenols is 1. The average molecular weight is 356 g/mol. The Bertz CT molecular complexity index is 831. The van der Waals surface area contributed by atoms with Crippen molar-refractivity contribution in [1.82, 2.24) is 0 Å². The van der Waals surface area contributed by atoms with Gasteiger partial charge in [-0.15, -0.1) is 0 Å². The van der Waals surface area contributed by atoms with E-state index in [1.807, 2.05) is 12.1 Å². The molecular formula is C21H24O5. The maximum Gasteiger partial charge on any atom is 0.268 e. The number of aromatic hydroxyl groups is 1. The van der Waals surface area contributed by atoms with E-state index in [1.54, 1.807) is 0 Å². The third-order valence-corrected chi connectivity index (χ3v) is 5.25. The molecule has 26 heavy (non-hydrogen) atoms. The largest absolute Gasteiger partial charge is 0.507 e. The first-order valence-electron chi connectivity index (χ1n) is 8.95. The van der Waals surface area contributed by atoms with Gasteiger partial charge in [-0.2, -0.15) is 0 Å². The fourth-order valence-electron chi connectivity index (χ4n) is 3.49. The number of Topliss-reactive ketones (excluding diaryl/α,β-unsaturated/α-hetero) is 2. The van der Waals surface area contributed by atoms with Gasteiger partial charge in [0.25, 0.3) is 5.78 Å². The predicted octanol–water partition coefficient (Wildman–Crippen LogP) is 4.09. The second kappa shape index (κ2) is 6.98. The first-order chi connectivity index (χ1) is 12.4. The van der Waals surface area contributed by atoms with E-state index in [0.717, 1.165) is 24.2 Å². The molecule has 5 nitrogen and oxygen atoms in total. The molecule has 0 aromatic heterocycles. The number of benzene rings is 1. The van der Waals surface area contributed by atoms with Crippen LogP contribution in [0.25, 0.3) is 12.2 Å². The van der Waals surface area contributed by atoms with Gasteiger partial charge in [-0.3, -0.25) is 9.59 Å². The van der Waals surface area contributed by atoms with Gasteiger partial charge in [0.05, 0.1) is 18.4 Å². The molecule has 2 unspecified atom stereocenters. The van der Waals surface area contributed by atoms with Crippen LogP contribution < -0.4 is 0 Å². The molecule has 0 saturated heterocycles. The third kappa shape index (κ3) is 3.02. The van der Waals surface area contributed by atoms with Gasteiger partial charge >= 0.3 is 0 Å². The van der Waals surface area contributed by atoms with Gasteiger partial charge in [0.2, 0.25) is 5.78 Å². The molecule has 138 valence electrons. The molecule has 1 aliphatic carbocycles. The quantitative estimate of drug-likeness (QED) is 0.805. The number of hydrogen-bond acceptors (Lipinski definition) is 5. The van der Waals surface area contributed by atoms with E-state index in [4.69, 9.17) is 9.47 Å². The Morgan fingerprint density at radius 1 is 1.19 bits per heavy atom. The molecule has 0 fully saturated rings. The lowest BCUT2D eigenvalue weighted by molar-refractivity contribution is -0.114. The van der Waals surface area contributed by atoms with Crippen LogP contribution in [0.3, 0.4) is 0 Å². The van der Waals surface area contributed by atoms with E-state index in [0.29, 0.717) is 17.0 Å². The van der Waals surface area contributed by atoms with Gasteiger partial charge in [0.15, 0.2) is 5.76 Å². The van der Waals surface area contributed by atoms with Crippen LogP contribution in [-0.2, 0) is 20.9 Å². The number of allylic oxidation sites excluding steroid dienone is 2. The zero-order valence-electron chi connectivity index (χ0n) is 15.6. The summed E-state index contributed by atoms with van der Waals surface area (Å²) in [6.07, 6.45) is 5.57. The van der Waals surface area contributed by atoms with Crippen LogP contribution >= 0.6 is 0 Å². The van der Waals surface area contributed by atoms with Crippen LogP contribution in [-0.4, -0.2) is 23.8 Å². The summed E-state index contributed by atoms with van der Waals surface area (Å²) < 4.78 is 10.9. The SMILES string of the molecule is CCC(C)CC(C)C1=Cc2cc3c(c(O)c2CO1)C(=O)C(=O)C(OC)=C3. The highest BCUT2D eigenvalue weighted by Gasteiger charge is 2.34. The summed E-state index contributed by atoms with van der Waals surface area (Å²) in [4.78, 5) is 24.3. The topological polar surface area (TPSA) is 72.8 Å². The number of carbonyl (C=O) groups is 2. The molecule has 1 aromatic carbocycles. The molecule has 2 atom stereocenters. The van der Waals surface area contributed by atoms with Crippen LogP contribution in [0, 0.1) is 11.8 Å². The minimum absolute atomic E-state index is 0.0109. The van der Waals surface area contributed by atoms with E-state index in [2.05, 4.69) is 20.8 Å². The van der Waals surface area contributed by atoms with Crippen molar-refractivity contribution < 1.29 is 24.2 Å². The molecule has 5 heteroatoms. The summed E-state index contributed by atoms with van der Waals surface area (Å²) in [6, 6.07) is 1.81. The first kappa shape index (κ1) is 18.2. The Morgan fingerprint density at radius 2 is 1.92 bits per heavy atom. The molecule has 0 saturated carbocycles.